The number of likely N-dealkylation sites (tertiary alicyclic amines) is 1. The first-order valence-electron chi connectivity index (χ1n) is 6.40. The molecule has 1 heterocycles. The minimum absolute atomic E-state index is 0.102. The van der Waals surface area contributed by atoms with E-state index >= 15 is 0 Å². The molecule has 0 radical (unpaired) electrons. The average molecular weight is 301 g/mol. The summed E-state index contributed by atoms with van der Waals surface area (Å²) in [5.41, 5.74) is -0.789. The summed E-state index contributed by atoms with van der Waals surface area (Å²) in [7, 11) is 0. The largest absolute Gasteiger partial charge is 0.386 e. The first-order chi connectivity index (χ1) is 9.32. The number of amides is 1. The zero-order valence-electron chi connectivity index (χ0n) is 11.4. The normalized spacial score (nSPS) is 17.2. The zero-order chi connectivity index (χ0) is 14.9. The number of hydrogen-bond donors (Lipinski definition) is 1. The molecule has 3 nitrogen and oxygen atoms in total. The summed E-state index contributed by atoms with van der Waals surface area (Å²) in [4.78, 5) is 14.0. The van der Waals surface area contributed by atoms with Gasteiger partial charge in [0, 0.05) is 4.90 Å². The van der Waals surface area contributed by atoms with E-state index in [0.29, 0.717) is 18.0 Å². The number of β-amino-alcohol motifs (C(OH)–C–C–N with tert-alkyl or cyclic N) is 1. The van der Waals surface area contributed by atoms with E-state index in [1.165, 1.54) is 6.07 Å². The molecule has 0 aromatic heterocycles. The lowest BCUT2D eigenvalue weighted by atomic mass is 9.83. The van der Waals surface area contributed by atoms with E-state index in [0.717, 1.165) is 23.9 Å². The highest BCUT2D eigenvalue weighted by molar-refractivity contribution is 8.00. The van der Waals surface area contributed by atoms with Crippen LogP contribution in [0.4, 0.5) is 8.78 Å². The van der Waals surface area contributed by atoms with E-state index in [1.807, 2.05) is 13.8 Å². The molecule has 1 N–H and O–H groups in total. The lowest BCUT2D eigenvalue weighted by molar-refractivity contribution is -0.161. The lowest BCUT2D eigenvalue weighted by Gasteiger charge is -2.49. The summed E-state index contributed by atoms with van der Waals surface area (Å²) in [6.45, 7) is 4.50. The van der Waals surface area contributed by atoms with Crippen LogP contribution in [0.15, 0.2) is 23.1 Å². The Kier molecular flexibility index (Phi) is 4.34. The molecule has 1 aromatic rings. The number of hydrogen-bond acceptors (Lipinski definition) is 3. The van der Waals surface area contributed by atoms with Gasteiger partial charge in [-0.05, 0) is 24.1 Å². The maximum Gasteiger partial charge on any atom is 0.233 e. The quantitative estimate of drug-likeness (QED) is 0.868. The zero-order valence-corrected chi connectivity index (χ0v) is 12.2. The van der Waals surface area contributed by atoms with Crippen molar-refractivity contribution in [3.63, 3.8) is 0 Å². The van der Waals surface area contributed by atoms with Crippen LogP contribution < -0.4 is 0 Å². The molecular formula is C14H17F2NO2S. The first-order valence-corrected chi connectivity index (χ1v) is 7.38. The van der Waals surface area contributed by atoms with Gasteiger partial charge >= 0.3 is 0 Å². The molecule has 1 aliphatic rings. The van der Waals surface area contributed by atoms with E-state index in [-0.39, 0.29) is 17.6 Å². The van der Waals surface area contributed by atoms with Gasteiger partial charge in [0.2, 0.25) is 5.91 Å². The fraction of sp³-hybridized carbons (Fsp3) is 0.500. The van der Waals surface area contributed by atoms with Gasteiger partial charge in [-0.2, -0.15) is 0 Å². The van der Waals surface area contributed by atoms with Gasteiger partial charge in [-0.1, -0.05) is 13.8 Å². The van der Waals surface area contributed by atoms with Crippen molar-refractivity contribution < 1.29 is 18.7 Å². The molecule has 1 aromatic carbocycles. The van der Waals surface area contributed by atoms with E-state index in [1.54, 1.807) is 4.90 Å². The first kappa shape index (κ1) is 15.3. The topological polar surface area (TPSA) is 40.5 Å². The predicted molar refractivity (Wildman–Crippen MR) is 73.4 cm³/mol. The predicted octanol–water partition coefficient (Wildman–Crippen LogP) is 2.29. The maximum atomic E-state index is 13.0. The maximum absolute atomic E-state index is 13.0. The third-order valence-electron chi connectivity index (χ3n) is 3.61. The molecule has 1 aliphatic heterocycles. The summed E-state index contributed by atoms with van der Waals surface area (Å²) in [6, 6.07) is 3.56. The van der Waals surface area contributed by atoms with E-state index < -0.39 is 17.2 Å². The van der Waals surface area contributed by atoms with Gasteiger partial charge < -0.3 is 10.0 Å². The smallest absolute Gasteiger partial charge is 0.233 e. The molecule has 110 valence electrons. The highest BCUT2D eigenvalue weighted by atomic mass is 32.2. The molecule has 1 saturated heterocycles. The van der Waals surface area contributed by atoms with Crippen LogP contribution in [0.3, 0.4) is 0 Å². The van der Waals surface area contributed by atoms with Crippen LogP contribution in [-0.4, -0.2) is 40.4 Å². The monoisotopic (exact) mass is 301 g/mol. The second-order valence-corrected chi connectivity index (χ2v) is 6.42. The number of carbonyl (C=O) groups is 1. The molecule has 1 fully saturated rings. The Morgan fingerprint density at radius 1 is 1.40 bits per heavy atom. The van der Waals surface area contributed by atoms with Crippen LogP contribution in [0.2, 0.25) is 0 Å². The molecule has 0 unspecified atom stereocenters. The summed E-state index contributed by atoms with van der Waals surface area (Å²) >= 11 is 1.16. The van der Waals surface area contributed by atoms with Crippen molar-refractivity contribution in [2.45, 2.75) is 24.3 Å². The van der Waals surface area contributed by atoms with Crippen molar-refractivity contribution in [1.82, 2.24) is 4.90 Å². The Labute approximate surface area is 121 Å². The van der Waals surface area contributed by atoms with Crippen LogP contribution in [0, 0.1) is 17.6 Å². The molecular weight excluding hydrogens is 284 g/mol. The van der Waals surface area contributed by atoms with Crippen LogP contribution in [0.25, 0.3) is 0 Å². The number of benzene rings is 1. The Morgan fingerprint density at radius 2 is 2.05 bits per heavy atom. The van der Waals surface area contributed by atoms with Crippen LogP contribution in [0.5, 0.6) is 0 Å². The number of carbonyl (C=O) groups excluding carboxylic acids is 1. The molecule has 2 rings (SSSR count). The van der Waals surface area contributed by atoms with Gasteiger partial charge in [-0.15, -0.1) is 11.8 Å². The fourth-order valence-electron chi connectivity index (χ4n) is 1.96. The standard InChI is InChI=1S/C14H17F2NO2S/c1-9(2)14(19)7-17(8-14)13(18)6-20-10-3-4-11(15)12(16)5-10/h3-5,9,19H,6-8H2,1-2H3. The molecule has 0 atom stereocenters. The molecule has 20 heavy (non-hydrogen) atoms. The second kappa shape index (κ2) is 5.69. The van der Waals surface area contributed by atoms with E-state index in [9.17, 15) is 18.7 Å². The van der Waals surface area contributed by atoms with Crippen molar-refractivity contribution in [3.05, 3.63) is 29.8 Å². The Morgan fingerprint density at radius 3 is 2.60 bits per heavy atom. The van der Waals surface area contributed by atoms with Gasteiger partial charge in [0.15, 0.2) is 11.6 Å². The minimum atomic E-state index is -0.916. The number of rotatable bonds is 4. The van der Waals surface area contributed by atoms with Gasteiger partial charge in [-0.3, -0.25) is 4.79 Å². The summed E-state index contributed by atoms with van der Waals surface area (Å²) in [5.74, 6) is -1.67. The van der Waals surface area contributed by atoms with Crippen molar-refractivity contribution >= 4 is 17.7 Å². The van der Waals surface area contributed by atoms with E-state index in [4.69, 9.17) is 0 Å². The van der Waals surface area contributed by atoms with Gasteiger partial charge in [-0.25, -0.2) is 8.78 Å². The Balaban J connectivity index is 1.83. The van der Waals surface area contributed by atoms with E-state index in [2.05, 4.69) is 0 Å². The van der Waals surface area contributed by atoms with Crippen molar-refractivity contribution in [3.8, 4) is 0 Å². The summed E-state index contributed by atoms with van der Waals surface area (Å²) in [6.07, 6.45) is 0. The number of thioether (sulfide) groups is 1. The average Bonchev–Trinajstić information content (AvgIpc) is 2.35. The number of nitrogens with zero attached hydrogens (tertiary/aromatic N) is 1. The highest BCUT2D eigenvalue weighted by Crippen LogP contribution is 2.29. The van der Waals surface area contributed by atoms with Crippen molar-refractivity contribution in [2.75, 3.05) is 18.8 Å². The highest BCUT2D eigenvalue weighted by Gasteiger charge is 2.45. The Hall–Kier alpha value is -1.14. The van der Waals surface area contributed by atoms with Gasteiger partial charge in [0.25, 0.3) is 0 Å². The van der Waals surface area contributed by atoms with Crippen molar-refractivity contribution in [2.24, 2.45) is 5.92 Å². The lowest BCUT2D eigenvalue weighted by Crippen LogP contribution is -2.66. The summed E-state index contributed by atoms with van der Waals surface area (Å²) < 4.78 is 25.8. The second-order valence-electron chi connectivity index (χ2n) is 5.37. The molecule has 0 bridgehead atoms. The van der Waals surface area contributed by atoms with Gasteiger partial charge in [0.05, 0.1) is 18.8 Å². The van der Waals surface area contributed by atoms with Crippen molar-refractivity contribution in [1.29, 1.82) is 0 Å². The van der Waals surface area contributed by atoms with Crippen LogP contribution >= 0.6 is 11.8 Å². The molecule has 0 aliphatic carbocycles. The summed E-state index contributed by atoms with van der Waals surface area (Å²) in [5, 5.41) is 10.1. The SMILES string of the molecule is CC(C)C1(O)CN(C(=O)CSc2ccc(F)c(F)c2)C1. The van der Waals surface area contributed by atoms with Crippen LogP contribution in [0.1, 0.15) is 13.8 Å². The molecule has 1 amide bonds. The third-order valence-corrected chi connectivity index (χ3v) is 4.59. The number of halogens is 2. The fourth-order valence-corrected chi connectivity index (χ4v) is 2.78. The molecule has 6 heteroatoms. The number of aliphatic hydroxyl groups is 1. The van der Waals surface area contributed by atoms with Gasteiger partial charge in [0.1, 0.15) is 5.60 Å². The Bertz CT molecular complexity index is 516. The minimum Gasteiger partial charge on any atom is -0.386 e. The molecule has 0 spiro atoms. The van der Waals surface area contributed by atoms with Crippen LogP contribution in [-0.2, 0) is 4.79 Å². The molecule has 0 saturated carbocycles. The third kappa shape index (κ3) is 3.12.